The van der Waals surface area contributed by atoms with Gasteiger partial charge in [-0.15, -0.1) is 0 Å². The molecule has 1 atom stereocenters. The molecule has 1 aromatic heterocycles. The third-order valence-electron chi connectivity index (χ3n) is 4.93. The van der Waals surface area contributed by atoms with Gasteiger partial charge in [0.05, 0.1) is 12.4 Å². The molecule has 0 N–H and O–H groups in total. The van der Waals surface area contributed by atoms with Crippen molar-refractivity contribution in [2.45, 2.75) is 44.7 Å². The molecule has 23 heavy (non-hydrogen) atoms. The summed E-state index contributed by atoms with van der Waals surface area (Å²) in [4.78, 5) is 18.7. The molecule has 3 rings (SSSR count). The fraction of sp³-hybridized carbons (Fsp3) is 0.474. The van der Waals surface area contributed by atoms with Crippen molar-refractivity contribution >= 4 is 5.91 Å². The number of rotatable bonds is 5. The average molecular weight is 311 g/mol. The highest BCUT2D eigenvalue weighted by Crippen LogP contribution is 2.37. The van der Waals surface area contributed by atoms with Crippen LogP contribution in [-0.4, -0.2) is 27.4 Å². The zero-order valence-electron chi connectivity index (χ0n) is 13.8. The predicted molar refractivity (Wildman–Crippen MR) is 90.8 cm³/mol. The number of hydrogen-bond donors (Lipinski definition) is 0. The van der Waals surface area contributed by atoms with Gasteiger partial charge < -0.3 is 9.47 Å². The summed E-state index contributed by atoms with van der Waals surface area (Å²) in [5.74, 6) is 0.699. The molecule has 122 valence electrons. The number of aromatic nitrogens is 2. The highest BCUT2D eigenvalue weighted by atomic mass is 16.2. The van der Waals surface area contributed by atoms with Crippen LogP contribution in [0.5, 0.6) is 0 Å². The fourth-order valence-electron chi connectivity index (χ4n) is 3.72. The Morgan fingerprint density at radius 2 is 2.00 bits per heavy atom. The molecule has 0 radical (unpaired) electrons. The molecular formula is C19H25N3O. The molecule has 1 heterocycles. The van der Waals surface area contributed by atoms with Gasteiger partial charge in [0.25, 0.3) is 0 Å². The summed E-state index contributed by atoms with van der Waals surface area (Å²) in [5, 5.41) is 0. The van der Waals surface area contributed by atoms with Crippen molar-refractivity contribution in [1.29, 1.82) is 0 Å². The Bertz CT molecular complexity index is 603. The lowest BCUT2D eigenvalue weighted by atomic mass is 9.80. The minimum absolute atomic E-state index is 0.141. The highest BCUT2D eigenvalue weighted by Gasteiger charge is 2.30. The zero-order valence-corrected chi connectivity index (χ0v) is 13.8. The van der Waals surface area contributed by atoms with Crippen LogP contribution in [0.1, 0.15) is 43.7 Å². The Balaban J connectivity index is 1.80. The maximum atomic E-state index is 12.7. The fourth-order valence-corrected chi connectivity index (χ4v) is 3.72. The molecule has 0 aliphatic heterocycles. The molecule has 0 spiro atoms. The maximum absolute atomic E-state index is 12.7. The first kappa shape index (κ1) is 15.8. The summed E-state index contributed by atoms with van der Waals surface area (Å²) in [7, 11) is 1.95. The Morgan fingerprint density at radius 1 is 1.26 bits per heavy atom. The molecule has 1 amide bonds. The van der Waals surface area contributed by atoms with E-state index in [0.29, 0.717) is 12.5 Å². The van der Waals surface area contributed by atoms with Gasteiger partial charge in [0.2, 0.25) is 5.91 Å². The van der Waals surface area contributed by atoms with Crippen molar-refractivity contribution in [3.05, 3.63) is 54.6 Å². The van der Waals surface area contributed by atoms with E-state index in [1.54, 1.807) is 12.5 Å². The largest absolute Gasteiger partial charge is 0.337 e. The van der Waals surface area contributed by atoms with Crippen LogP contribution in [0.25, 0.3) is 0 Å². The van der Waals surface area contributed by atoms with Gasteiger partial charge in [-0.3, -0.25) is 4.79 Å². The van der Waals surface area contributed by atoms with Gasteiger partial charge in [0.15, 0.2) is 0 Å². The normalized spacial score (nSPS) is 16.9. The van der Waals surface area contributed by atoms with Crippen molar-refractivity contribution in [3.63, 3.8) is 0 Å². The minimum Gasteiger partial charge on any atom is -0.337 e. The summed E-state index contributed by atoms with van der Waals surface area (Å²) in [5.41, 5.74) is 1.25. The summed E-state index contributed by atoms with van der Waals surface area (Å²) < 4.78 is 1.84. The van der Waals surface area contributed by atoms with E-state index in [9.17, 15) is 4.79 Å². The van der Waals surface area contributed by atoms with E-state index in [4.69, 9.17) is 0 Å². The molecule has 1 aromatic carbocycles. The van der Waals surface area contributed by atoms with Crippen LogP contribution in [0.2, 0.25) is 0 Å². The van der Waals surface area contributed by atoms with Crippen LogP contribution in [0.4, 0.5) is 0 Å². The molecule has 4 nitrogen and oxygen atoms in total. The van der Waals surface area contributed by atoms with Gasteiger partial charge >= 0.3 is 0 Å². The molecule has 1 aliphatic rings. The van der Waals surface area contributed by atoms with Crippen molar-refractivity contribution < 1.29 is 4.79 Å². The van der Waals surface area contributed by atoms with E-state index in [1.165, 1.54) is 37.7 Å². The van der Waals surface area contributed by atoms with Crippen LogP contribution in [0.15, 0.2) is 49.1 Å². The number of carbonyl (C=O) groups excluding carboxylic acids is 1. The SMILES string of the molecule is CN(C(=O)Cn1ccnc1)C(c1ccccc1)C1CCCCC1. The van der Waals surface area contributed by atoms with Gasteiger partial charge in [-0.2, -0.15) is 0 Å². The van der Waals surface area contributed by atoms with Crippen molar-refractivity contribution in [2.75, 3.05) is 7.05 Å². The third-order valence-corrected chi connectivity index (χ3v) is 4.93. The first-order valence-electron chi connectivity index (χ1n) is 8.52. The number of carbonyl (C=O) groups is 1. The van der Waals surface area contributed by atoms with Crippen LogP contribution >= 0.6 is 0 Å². The average Bonchev–Trinajstić information content (AvgIpc) is 3.10. The van der Waals surface area contributed by atoms with E-state index in [1.807, 2.05) is 28.8 Å². The maximum Gasteiger partial charge on any atom is 0.242 e. The summed E-state index contributed by atoms with van der Waals surface area (Å²) in [6, 6.07) is 10.7. The van der Waals surface area contributed by atoms with Crippen molar-refractivity contribution in [1.82, 2.24) is 14.5 Å². The molecule has 1 unspecified atom stereocenters. The quantitative estimate of drug-likeness (QED) is 0.845. The number of imidazole rings is 1. The molecule has 0 saturated heterocycles. The van der Waals surface area contributed by atoms with Gasteiger partial charge in [-0.25, -0.2) is 4.98 Å². The lowest BCUT2D eigenvalue weighted by Crippen LogP contribution is -2.38. The Labute approximate surface area is 138 Å². The summed E-state index contributed by atoms with van der Waals surface area (Å²) >= 11 is 0. The van der Waals surface area contributed by atoms with Crippen LogP contribution in [0, 0.1) is 5.92 Å². The van der Waals surface area contributed by atoms with E-state index < -0.39 is 0 Å². The lowest BCUT2D eigenvalue weighted by Gasteiger charge is -2.37. The van der Waals surface area contributed by atoms with E-state index in [2.05, 4.69) is 29.2 Å². The Hall–Kier alpha value is -2.10. The highest BCUT2D eigenvalue weighted by molar-refractivity contribution is 5.76. The van der Waals surface area contributed by atoms with Gasteiger partial charge in [-0.1, -0.05) is 49.6 Å². The van der Waals surface area contributed by atoms with Gasteiger partial charge in [0.1, 0.15) is 6.54 Å². The number of amides is 1. The standard InChI is InChI=1S/C19H25N3O/c1-21(18(23)14-22-13-12-20-15-22)19(16-8-4-2-5-9-16)17-10-6-3-7-11-17/h2,4-5,8-9,12-13,15,17,19H,3,6-7,10-11,14H2,1H3. The second kappa shape index (κ2) is 7.44. The van der Waals surface area contributed by atoms with Crippen LogP contribution < -0.4 is 0 Å². The van der Waals surface area contributed by atoms with Crippen molar-refractivity contribution in [3.8, 4) is 0 Å². The Kier molecular flexibility index (Phi) is 5.11. The monoisotopic (exact) mass is 311 g/mol. The first-order chi connectivity index (χ1) is 11.3. The summed E-state index contributed by atoms with van der Waals surface area (Å²) in [6.07, 6.45) is 11.5. The lowest BCUT2D eigenvalue weighted by molar-refractivity contribution is -0.134. The molecule has 2 aromatic rings. The number of benzene rings is 1. The van der Waals surface area contributed by atoms with Crippen molar-refractivity contribution in [2.24, 2.45) is 5.92 Å². The topological polar surface area (TPSA) is 38.1 Å². The van der Waals surface area contributed by atoms with Gasteiger partial charge in [0, 0.05) is 19.4 Å². The predicted octanol–water partition coefficient (Wildman–Crippen LogP) is 3.66. The smallest absolute Gasteiger partial charge is 0.242 e. The second-order valence-corrected chi connectivity index (χ2v) is 6.49. The number of hydrogen-bond acceptors (Lipinski definition) is 2. The minimum atomic E-state index is 0.141. The third kappa shape index (κ3) is 3.81. The van der Waals surface area contributed by atoms with E-state index in [-0.39, 0.29) is 11.9 Å². The molecule has 0 bridgehead atoms. The molecule has 1 aliphatic carbocycles. The molecular weight excluding hydrogens is 286 g/mol. The molecule has 1 fully saturated rings. The first-order valence-corrected chi connectivity index (χ1v) is 8.52. The van der Waals surface area contributed by atoms with Gasteiger partial charge in [-0.05, 0) is 24.3 Å². The second-order valence-electron chi connectivity index (χ2n) is 6.49. The number of nitrogens with zero attached hydrogens (tertiary/aromatic N) is 3. The van der Waals surface area contributed by atoms with E-state index >= 15 is 0 Å². The van der Waals surface area contributed by atoms with E-state index in [0.717, 1.165) is 0 Å². The van der Waals surface area contributed by atoms with Crippen LogP contribution in [-0.2, 0) is 11.3 Å². The van der Waals surface area contributed by atoms with Crippen LogP contribution in [0.3, 0.4) is 0 Å². The summed E-state index contributed by atoms with van der Waals surface area (Å²) in [6.45, 7) is 0.354. The number of likely N-dealkylation sites (N-methyl/N-ethyl adjacent to an activating group) is 1. The zero-order chi connectivity index (χ0) is 16.1. The molecule has 1 saturated carbocycles. The Morgan fingerprint density at radius 3 is 2.65 bits per heavy atom. The molecule has 4 heteroatoms.